The van der Waals surface area contributed by atoms with Gasteiger partial charge in [-0.25, -0.2) is 0 Å². The van der Waals surface area contributed by atoms with Gasteiger partial charge < -0.3 is 10.5 Å². The standard InChI is InChI=1S/C23H23N3O2/c24-23(27)19-11-9-18(10-12-19)20-7-4-8-21(25-20)22-16-26(13-14-28-22)15-17-5-2-1-3-6-17/h1-12,22H,13-16H2,(H2,24,27)/t22-/m1/s1. The number of carbonyl (C=O) groups excluding carboxylic acids is 1. The molecule has 2 heterocycles. The summed E-state index contributed by atoms with van der Waals surface area (Å²) in [5.41, 5.74) is 9.85. The first kappa shape index (κ1) is 18.3. The summed E-state index contributed by atoms with van der Waals surface area (Å²) in [5.74, 6) is -0.428. The highest BCUT2D eigenvalue weighted by molar-refractivity contribution is 5.93. The first-order valence-electron chi connectivity index (χ1n) is 9.44. The average Bonchev–Trinajstić information content (AvgIpc) is 2.75. The zero-order chi connectivity index (χ0) is 19.3. The lowest BCUT2D eigenvalue weighted by Gasteiger charge is -2.32. The van der Waals surface area contributed by atoms with E-state index in [2.05, 4.69) is 29.2 Å². The second-order valence-corrected chi connectivity index (χ2v) is 6.97. The van der Waals surface area contributed by atoms with Gasteiger partial charge in [-0.1, -0.05) is 48.5 Å². The van der Waals surface area contributed by atoms with E-state index in [-0.39, 0.29) is 6.10 Å². The molecule has 1 aliphatic heterocycles. The number of nitrogens with two attached hydrogens (primary N) is 1. The first-order valence-corrected chi connectivity index (χ1v) is 9.44. The summed E-state index contributed by atoms with van der Waals surface area (Å²) >= 11 is 0. The van der Waals surface area contributed by atoms with Gasteiger partial charge in [-0.3, -0.25) is 14.7 Å². The van der Waals surface area contributed by atoms with Gasteiger partial charge in [0.05, 0.1) is 18.0 Å². The van der Waals surface area contributed by atoms with Crippen LogP contribution in [0, 0.1) is 0 Å². The largest absolute Gasteiger partial charge is 0.369 e. The summed E-state index contributed by atoms with van der Waals surface area (Å²) in [6, 6.07) is 23.7. The van der Waals surface area contributed by atoms with Crippen molar-refractivity contribution in [3.8, 4) is 11.3 Å². The number of ether oxygens (including phenoxy) is 1. The van der Waals surface area contributed by atoms with E-state index in [1.807, 2.05) is 36.4 Å². The maximum Gasteiger partial charge on any atom is 0.248 e. The van der Waals surface area contributed by atoms with Gasteiger partial charge in [0.1, 0.15) is 6.10 Å². The topological polar surface area (TPSA) is 68.5 Å². The third-order valence-corrected chi connectivity index (χ3v) is 4.97. The lowest BCUT2D eigenvalue weighted by Crippen LogP contribution is -2.38. The number of hydrogen-bond donors (Lipinski definition) is 1. The zero-order valence-electron chi connectivity index (χ0n) is 15.6. The lowest BCUT2D eigenvalue weighted by atomic mass is 10.1. The second-order valence-electron chi connectivity index (χ2n) is 6.97. The molecule has 0 unspecified atom stereocenters. The quantitative estimate of drug-likeness (QED) is 0.744. The molecule has 0 spiro atoms. The summed E-state index contributed by atoms with van der Waals surface area (Å²) < 4.78 is 6.01. The Kier molecular flexibility index (Phi) is 5.46. The second kappa shape index (κ2) is 8.33. The molecule has 0 bridgehead atoms. The van der Waals surface area contributed by atoms with Crippen molar-refractivity contribution in [2.45, 2.75) is 12.6 Å². The van der Waals surface area contributed by atoms with Crippen LogP contribution in [0.3, 0.4) is 0 Å². The minimum absolute atomic E-state index is 0.0534. The lowest BCUT2D eigenvalue weighted by molar-refractivity contribution is -0.0349. The Balaban J connectivity index is 1.49. The Morgan fingerprint density at radius 1 is 1.04 bits per heavy atom. The van der Waals surface area contributed by atoms with E-state index >= 15 is 0 Å². The molecule has 1 saturated heterocycles. The minimum atomic E-state index is -0.428. The molecule has 1 amide bonds. The Hall–Kier alpha value is -3.02. The van der Waals surface area contributed by atoms with Gasteiger partial charge in [-0.2, -0.15) is 0 Å². The van der Waals surface area contributed by atoms with Gasteiger partial charge >= 0.3 is 0 Å². The number of carbonyl (C=O) groups is 1. The fraction of sp³-hybridized carbons (Fsp3) is 0.217. The van der Waals surface area contributed by atoms with Crippen LogP contribution >= 0.6 is 0 Å². The predicted octanol–water partition coefficient (Wildman–Crippen LogP) is 3.42. The van der Waals surface area contributed by atoms with Crippen LogP contribution in [0.15, 0.2) is 72.8 Å². The van der Waals surface area contributed by atoms with Crippen molar-refractivity contribution in [1.82, 2.24) is 9.88 Å². The molecule has 1 fully saturated rings. The summed E-state index contributed by atoms with van der Waals surface area (Å²) in [6.07, 6.45) is -0.0534. The number of aromatic nitrogens is 1. The summed E-state index contributed by atoms with van der Waals surface area (Å²) in [7, 11) is 0. The Labute approximate surface area is 164 Å². The molecule has 0 radical (unpaired) electrons. The SMILES string of the molecule is NC(=O)c1ccc(-c2cccc([C@H]3CN(Cc4ccccc4)CCO3)n2)cc1. The number of benzene rings is 2. The van der Waals surface area contributed by atoms with E-state index in [0.29, 0.717) is 12.2 Å². The zero-order valence-corrected chi connectivity index (χ0v) is 15.6. The van der Waals surface area contributed by atoms with E-state index in [1.54, 1.807) is 12.1 Å². The molecule has 2 N–H and O–H groups in total. The summed E-state index contributed by atoms with van der Waals surface area (Å²) in [4.78, 5) is 18.5. The van der Waals surface area contributed by atoms with Crippen LogP contribution in [0.1, 0.15) is 27.7 Å². The van der Waals surface area contributed by atoms with Crippen LogP contribution < -0.4 is 5.73 Å². The number of rotatable bonds is 5. The maximum absolute atomic E-state index is 11.3. The van der Waals surface area contributed by atoms with Crippen molar-refractivity contribution in [2.75, 3.05) is 19.7 Å². The third kappa shape index (κ3) is 4.27. The van der Waals surface area contributed by atoms with E-state index in [1.165, 1.54) is 5.56 Å². The van der Waals surface area contributed by atoms with Crippen LogP contribution in [0.2, 0.25) is 0 Å². The molecule has 0 saturated carbocycles. The highest BCUT2D eigenvalue weighted by Gasteiger charge is 2.23. The van der Waals surface area contributed by atoms with E-state index in [0.717, 1.165) is 36.6 Å². The molecule has 2 aromatic carbocycles. The van der Waals surface area contributed by atoms with Gasteiger partial charge in [0, 0.05) is 30.8 Å². The number of primary amides is 1. The molecule has 5 nitrogen and oxygen atoms in total. The molecule has 1 aliphatic rings. The smallest absolute Gasteiger partial charge is 0.248 e. The van der Waals surface area contributed by atoms with E-state index in [4.69, 9.17) is 15.5 Å². The van der Waals surface area contributed by atoms with Crippen molar-refractivity contribution in [3.05, 3.63) is 89.6 Å². The molecule has 5 heteroatoms. The highest BCUT2D eigenvalue weighted by Crippen LogP contribution is 2.25. The monoisotopic (exact) mass is 373 g/mol. The van der Waals surface area contributed by atoms with Crippen LogP contribution in [-0.2, 0) is 11.3 Å². The third-order valence-electron chi connectivity index (χ3n) is 4.97. The van der Waals surface area contributed by atoms with Crippen LogP contribution in [-0.4, -0.2) is 35.5 Å². The van der Waals surface area contributed by atoms with Gasteiger partial charge in [-0.05, 0) is 29.8 Å². The fourth-order valence-corrected chi connectivity index (χ4v) is 3.46. The first-order chi connectivity index (χ1) is 13.7. The normalized spacial score (nSPS) is 17.4. The van der Waals surface area contributed by atoms with Crippen LogP contribution in [0.4, 0.5) is 0 Å². The molecule has 1 aromatic heterocycles. The molecule has 28 heavy (non-hydrogen) atoms. The average molecular weight is 373 g/mol. The fourth-order valence-electron chi connectivity index (χ4n) is 3.46. The Morgan fingerprint density at radius 3 is 2.57 bits per heavy atom. The summed E-state index contributed by atoms with van der Waals surface area (Å²) in [5, 5.41) is 0. The van der Waals surface area contributed by atoms with Crippen molar-refractivity contribution >= 4 is 5.91 Å². The van der Waals surface area contributed by atoms with Crippen molar-refractivity contribution < 1.29 is 9.53 Å². The molecule has 1 atom stereocenters. The van der Waals surface area contributed by atoms with Gasteiger partial charge in [0.25, 0.3) is 0 Å². The van der Waals surface area contributed by atoms with Gasteiger partial charge in [-0.15, -0.1) is 0 Å². The molecular weight excluding hydrogens is 350 g/mol. The number of pyridine rings is 1. The van der Waals surface area contributed by atoms with Crippen LogP contribution in [0.5, 0.6) is 0 Å². The van der Waals surface area contributed by atoms with Crippen LogP contribution in [0.25, 0.3) is 11.3 Å². The molecule has 3 aromatic rings. The predicted molar refractivity (Wildman–Crippen MR) is 109 cm³/mol. The summed E-state index contributed by atoms with van der Waals surface area (Å²) in [6.45, 7) is 3.33. The van der Waals surface area contributed by atoms with E-state index < -0.39 is 5.91 Å². The van der Waals surface area contributed by atoms with Crippen molar-refractivity contribution in [1.29, 1.82) is 0 Å². The minimum Gasteiger partial charge on any atom is -0.369 e. The van der Waals surface area contributed by atoms with E-state index in [9.17, 15) is 4.79 Å². The molecule has 142 valence electrons. The van der Waals surface area contributed by atoms with Gasteiger partial charge in [0.15, 0.2) is 0 Å². The molecule has 0 aliphatic carbocycles. The van der Waals surface area contributed by atoms with Gasteiger partial charge in [0.2, 0.25) is 5.91 Å². The molecular formula is C23H23N3O2. The number of hydrogen-bond acceptors (Lipinski definition) is 4. The van der Waals surface area contributed by atoms with Crippen molar-refractivity contribution in [2.24, 2.45) is 5.73 Å². The molecule has 4 rings (SSSR count). The Bertz CT molecular complexity index is 942. The number of morpholine rings is 1. The Morgan fingerprint density at radius 2 is 1.82 bits per heavy atom. The maximum atomic E-state index is 11.3. The number of nitrogens with zero attached hydrogens (tertiary/aromatic N) is 2. The van der Waals surface area contributed by atoms with Crippen molar-refractivity contribution in [3.63, 3.8) is 0 Å². The highest BCUT2D eigenvalue weighted by atomic mass is 16.5. The number of amides is 1.